The van der Waals surface area contributed by atoms with Crippen LogP contribution in [0.4, 0.5) is 5.69 Å². The van der Waals surface area contributed by atoms with Crippen LogP contribution in [0, 0.1) is 0 Å². The average Bonchev–Trinajstić information content (AvgIpc) is 2.26. The van der Waals surface area contributed by atoms with Crippen LogP contribution < -0.4 is 4.90 Å². The predicted molar refractivity (Wildman–Crippen MR) is 65.3 cm³/mol. The van der Waals surface area contributed by atoms with Gasteiger partial charge in [0, 0.05) is 24.3 Å². The second-order valence-corrected chi connectivity index (χ2v) is 3.81. The van der Waals surface area contributed by atoms with Crippen molar-refractivity contribution in [3.8, 4) is 0 Å². The summed E-state index contributed by atoms with van der Waals surface area (Å²) >= 11 is 0. The molecule has 84 valence electrons. The second-order valence-electron chi connectivity index (χ2n) is 3.81. The van der Waals surface area contributed by atoms with Crippen LogP contribution in [0.5, 0.6) is 0 Å². The smallest absolute Gasteiger partial charge is 0.0781 e. The summed E-state index contributed by atoms with van der Waals surface area (Å²) in [4.78, 5) is 2.31. The summed E-state index contributed by atoms with van der Waals surface area (Å²) in [5, 5.41) is 9.69. The minimum Gasteiger partial charge on any atom is -0.389 e. The summed E-state index contributed by atoms with van der Waals surface area (Å²) < 4.78 is 0. The Balaban J connectivity index is 2.99. The molecule has 1 N–H and O–H groups in total. The Labute approximate surface area is 92.5 Å². The number of aliphatic hydroxyl groups excluding tert-OH is 1. The summed E-state index contributed by atoms with van der Waals surface area (Å²) in [7, 11) is 0. The highest BCUT2D eigenvalue weighted by atomic mass is 16.3. The molecule has 0 saturated heterocycles. The number of anilines is 1. The number of nitrogens with zero attached hydrogens (tertiary/aromatic N) is 1. The third-order valence-electron chi connectivity index (χ3n) is 2.60. The monoisotopic (exact) mass is 207 g/mol. The first-order valence-corrected chi connectivity index (χ1v) is 5.72. The molecule has 0 spiro atoms. The van der Waals surface area contributed by atoms with E-state index in [1.807, 2.05) is 25.1 Å². The molecule has 0 saturated carbocycles. The van der Waals surface area contributed by atoms with E-state index in [9.17, 15) is 5.11 Å². The molecule has 0 aliphatic rings. The highest BCUT2D eigenvalue weighted by Crippen LogP contribution is 2.25. The fourth-order valence-corrected chi connectivity index (χ4v) is 1.85. The third kappa shape index (κ3) is 2.96. The normalized spacial score (nSPS) is 12.5. The Morgan fingerprint density at radius 3 is 2.47 bits per heavy atom. The molecule has 2 heteroatoms. The number of rotatable bonds is 5. The van der Waals surface area contributed by atoms with Gasteiger partial charge in [-0.15, -0.1) is 0 Å². The van der Waals surface area contributed by atoms with Crippen molar-refractivity contribution in [1.29, 1.82) is 0 Å². The third-order valence-corrected chi connectivity index (χ3v) is 2.60. The van der Waals surface area contributed by atoms with Gasteiger partial charge < -0.3 is 10.0 Å². The molecule has 0 radical (unpaired) electrons. The van der Waals surface area contributed by atoms with E-state index in [2.05, 4.69) is 24.8 Å². The Hall–Kier alpha value is -1.02. The molecule has 1 rings (SSSR count). The molecule has 2 nitrogen and oxygen atoms in total. The van der Waals surface area contributed by atoms with Crippen molar-refractivity contribution >= 4 is 5.69 Å². The minimum atomic E-state index is -0.396. The molecule has 0 heterocycles. The Kier molecular flexibility index (Phi) is 4.63. The first kappa shape index (κ1) is 12.1. The molecule has 1 unspecified atom stereocenters. The van der Waals surface area contributed by atoms with E-state index in [-0.39, 0.29) is 0 Å². The fourth-order valence-electron chi connectivity index (χ4n) is 1.85. The Bertz CT molecular complexity index is 296. The number of para-hydroxylation sites is 1. The van der Waals surface area contributed by atoms with E-state index in [0.717, 1.165) is 30.8 Å². The highest BCUT2D eigenvalue weighted by molar-refractivity contribution is 5.54. The van der Waals surface area contributed by atoms with Crippen molar-refractivity contribution in [2.45, 2.75) is 33.3 Å². The molecular formula is C13H21NO. The molecule has 1 aromatic rings. The molecule has 0 aromatic heterocycles. The summed E-state index contributed by atoms with van der Waals surface area (Å²) in [5.74, 6) is 0. The van der Waals surface area contributed by atoms with Crippen LogP contribution in [0.2, 0.25) is 0 Å². The van der Waals surface area contributed by atoms with Crippen LogP contribution in [-0.2, 0) is 0 Å². The van der Waals surface area contributed by atoms with Crippen LogP contribution in [0.3, 0.4) is 0 Å². The van der Waals surface area contributed by atoms with E-state index in [1.54, 1.807) is 0 Å². The molecule has 1 aromatic carbocycles. The van der Waals surface area contributed by atoms with Gasteiger partial charge in [0.15, 0.2) is 0 Å². The van der Waals surface area contributed by atoms with Gasteiger partial charge in [0.05, 0.1) is 6.10 Å². The van der Waals surface area contributed by atoms with Gasteiger partial charge in [-0.25, -0.2) is 0 Å². The maximum Gasteiger partial charge on any atom is 0.0781 e. The van der Waals surface area contributed by atoms with Crippen molar-refractivity contribution in [1.82, 2.24) is 0 Å². The van der Waals surface area contributed by atoms with Crippen LogP contribution >= 0.6 is 0 Å². The number of hydrogen-bond donors (Lipinski definition) is 1. The fraction of sp³-hybridized carbons (Fsp3) is 0.538. The van der Waals surface area contributed by atoms with Crippen molar-refractivity contribution in [3.63, 3.8) is 0 Å². The maximum atomic E-state index is 9.69. The van der Waals surface area contributed by atoms with Crippen LogP contribution in [0.15, 0.2) is 24.3 Å². The van der Waals surface area contributed by atoms with E-state index >= 15 is 0 Å². The Morgan fingerprint density at radius 2 is 1.93 bits per heavy atom. The highest BCUT2D eigenvalue weighted by Gasteiger charge is 2.11. The molecule has 15 heavy (non-hydrogen) atoms. The number of benzene rings is 1. The zero-order chi connectivity index (χ0) is 11.3. The first-order valence-electron chi connectivity index (χ1n) is 5.72. The first-order chi connectivity index (χ1) is 7.20. The summed E-state index contributed by atoms with van der Waals surface area (Å²) in [5.41, 5.74) is 2.18. The van der Waals surface area contributed by atoms with Gasteiger partial charge >= 0.3 is 0 Å². The summed E-state index contributed by atoms with van der Waals surface area (Å²) in [6.45, 7) is 8.17. The van der Waals surface area contributed by atoms with Gasteiger partial charge in [-0.3, -0.25) is 0 Å². The van der Waals surface area contributed by atoms with E-state index in [1.165, 1.54) is 0 Å². The predicted octanol–water partition coefficient (Wildman–Crippen LogP) is 2.98. The lowest BCUT2D eigenvalue weighted by molar-refractivity contribution is 0.199. The van der Waals surface area contributed by atoms with Gasteiger partial charge in [-0.2, -0.15) is 0 Å². The summed E-state index contributed by atoms with van der Waals surface area (Å²) in [6, 6.07) is 8.09. The SMILES string of the molecule is CCCN(CC)c1ccccc1C(C)O. The van der Waals surface area contributed by atoms with E-state index in [4.69, 9.17) is 0 Å². The second kappa shape index (κ2) is 5.76. The van der Waals surface area contributed by atoms with Gasteiger partial charge in [-0.05, 0) is 26.3 Å². The molecule has 0 fully saturated rings. The molecule has 0 amide bonds. The molecule has 0 aliphatic carbocycles. The van der Waals surface area contributed by atoms with Crippen molar-refractivity contribution < 1.29 is 5.11 Å². The lowest BCUT2D eigenvalue weighted by Gasteiger charge is -2.26. The number of aliphatic hydroxyl groups is 1. The lowest BCUT2D eigenvalue weighted by atomic mass is 10.1. The zero-order valence-corrected chi connectivity index (χ0v) is 9.90. The lowest BCUT2D eigenvalue weighted by Crippen LogP contribution is -2.24. The van der Waals surface area contributed by atoms with Crippen molar-refractivity contribution in [3.05, 3.63) is 29.8 Å². The molecule has 0 aliphatic heterocycles. The summed E-state index contributed by atoms with van der Waals surface area (Å²) in [6.07, 6.45) is 0.731. The topological polar surface area (TPSA) is 23.5 Å². The zero-order valence-electron chi connectivity index (χ0n) is 9.90. The van der Waals surface area contributed by atoms with Crippen LogP contribution in [0.1, 0.15) is 38.9 Å². The Morgan fingerprint density at radius 1 is 1.27 bits per heavy atom. The average molecular weight is 207 g/mol. The van der Waals surface area contributed by atoms with Crippen molar-refractivity contribution in [2.24, 2.45) is 0 Å². The molecular weight excluding hydrogens is 186 g/mol. The van der Waals surface area contributed by atoms with Crippen LogP contribution in [0.25, 0.3) is 0 Å². The van der Waals surface area contributed by atoms with Gasteiger partial charge in [0.1, 0.15) is 0 Å². The molecule has 1 atom stereocenters. The minimum absolute atomic E-state index is 0.396. The van der Waals surface area contributed by atoms with Gasteiger partial charge in [0.25, 0.3) is 0 Å². The quantitative estimate of drug-likeness (QED) is 0.802. The van der Waals surface area contributed by atoms with E-state index in [0.29, 0.717) is 0 Å². The maximum absolute atomic E-state index is 9.69. The number of hydrogen-bond acceptors (Lipinski definition) is 2. The van der Waals surface area contributed by atoms with Crippen LogP contribution in [-0.4, -0.2) is 18.2 Å². The largest absolute Gasteiger partial charge is 0.389 e. The van der Waals surface area contributed by atoms with E-state index < -0.39 is 6.10 Å². The van der Waals surface area contributed by atoms with Gasteiger partial charge in [-0.1, -0.05) is 25.1 Å². The van der Waals surface area contributed by atoms with Gasteiger partial charge in [0.2, 0.25) is 0 Å². The van der Waals surface area contributed by atoms with Crippen molar-refractivity contribution in [2.75, 3.05) is 18.0 Å². The molecule has 0 bridgehead atoms. The standard InChI is InChI=1S/C13H21NO/c1-4-10-14(5-2)13-9-7-6-8-12(13)11(3)15/h6-9,11,15H,4-5,10H2,1-3H3.